The average molecular weight is 253 g/mol. The van der Waals surface area contributed by atoms with Crippen LogP contribution in [0.25, 0.3) is 0 Å². The van der Waals surface area contributed by atoms with E-state index in [-0.39, 0.29) is 0 Å². The standard InChI is InChI=1S/C14H21ClN2/c1-10(2)13-4-3-11(15)9-14(13)17-7-5-12(16)6-8-17/h3-4,9-10,12H,5-8,16H2,1-2H3. The molecule has 0 aromatic heterocycles. The topological polar surface area (TPSA) is 29.3 Å². The minimum Gasteiger partial charge on any atom is -0.371 e. The predicted molar refractivity (Wildman–Crippen MR) is 75.0 cm³/mol. The van der Waals surface area contributed by atoms with Crippen molar-refractivity contribution in [3.05, 3.63) is 28.8 Å². The second-order valence-corrected chi connectivity index (χ2v) is 5.62. The summed E-state index contributed by atoms with van der Waals surface area (Å²) in [7, 11) is 0. The van der Waals surface area contributed by atoms with Gasteiger partial charge in [0.15, 0.2) is 0 Å². The third-order valence-corrected chi connectivity index (χ3v) is 3.73. The van der Waals surface area contributed by atoms with Crippen molar-refractivity contribution in [2.75, 3.05) is 18.0 Å². The average Bonchev–Trinajstić information content (AvgIpc) is 2.29. The third kappa shape index (κ3) is 2.93. The number of anilines is 1. The Bertz CT molecular complexity index is 382. The van der Waals surface area contributed by atoms with Gasteiger partial charge in [-0.2, -0.15) is 0 Å². The lowest BCUT2D eigenvalue weighted by atomic mass is 9.98. The molecule has 0 unspecified atom stereocenters. The Morgan fingerprint density at radius 3 is 2.53 bits per heavy atom. The molecule has 1 saturated heterocycles. The normalized spacial score (nSPS) is 17.8. The number of piperidine rings is 1. The molecule has 1 aromatic rings. The third-order valence-electron chi connectivity index (χ3n) is 3.49. The van der Waals surface area contributed by atoms with Crippen LogP contribution in [-0.4, -0.2) is 19.1 Å². The molecule has 0 amide bonds. The molecule has 0 spiro atoms. The van der Waals surface area contributed by atoms with Crippen LogP contribution in [0, 0.1) is 0 Å². The first kappa shape index (κ1) is 12.7. The Morgan fingerprint density at radius 1 is 1.29 bits per heavy atom. The van der Waals surface area contributed by atoms with E-state index in [9.17, 15) is 0 Å². The summed E-state index contributed by atoms with van der Waals surface area (Å²) in [5.74, 6) is 0.526. The minimum absolute atomic E-state index is 0.368. The summed E-state index contributed by atoms with van der Waals surface area (Å²) in [6, 6.07) is 6.59. The molecule has 1 aromatic carbocycles. The minimum atomic E-state index is 0.368. The molecule has 1 aliphatic rings. The van der Waals surface area contributed by atoms with E-state index in [1.807, 2.05) is 6.07 Å². The maximum atomic E-state index is 6.12. The number of rotatable bonds is 2. The molecule has 17 heavy (non-hydrogen) atoms. The van der Waals surface area contributed by atoms with Gasteiger partial charge in [0.05, 0.1) is 0 Å². The molecule has 2 N–H and O–H groups in total. The first-order valence-electron chi connectivity index (χ1n) is 6.38. The van der Waals surface area contributed by atoms with Crippen LogP contribution in [0.2, 0.25) is 5.02 Å². The summed E-state index contributed by atoms with van der Waals surface area (Å²) < 4.78 is 0. The van der Waals surface area contributed by atoms with E-state index >= 15 is 0 Å². The Balaban J connectivity index is 2.26. The van der Waals surface area contributed by atoms with E-state index < -0.39 is 0 Å². The fourth-order valence-corrected chi connectivity index (χ4v) is 2.59. The van der Waals surface area contributed by atoms with Gasteiger partial charge in [-0.1, -0.05) is 31.5 Å². The number of nitrogens with zero attached hydrogens (tertiary/aromatic N) is 1. The van der Waals surface area contributed by atoms with Crippen molar-refractivity contribution >= 4 is 17.3 Å². The largest absolute Gasteiger partial charge is 0.371 e. The fourth-order valence-electron chi connectivity index (χ4n) is 2.42. The molecular weight excluding hydrogens is 232 g/mol. The number of hydrogen-bond donors (Lipinski definition) is 1. The maximum Gasteiger partial charge on any atom is 0.0426 e. The molecule has 1 fully saturated rings. The van der Waals surface area contributed by atoms with Gasteiger partial charge in [-0.25, -0.2) is 0 Å². The molecular formula is C14H21ClN2. The Kier molecular flexibility index (Phi) is 3.95. The zero-order valence-electron chi connectivity index (χ0n) is 10.6. The zero-order chi connectivity index (χ0) is 12.4. The van der Waals surface area contributed by atoms with Gasteiger partial charge in [0, 0.05) is 29.8 Å². The Hall–Kier alpha value is -0.730. The lowest BCUT2D eigenvalue weighted by Gasteiger charge is -2.34. The van der Waals surface area contributed by atoms with Crippen molar-refractivity contribution in [1.82, 2.24) is 0 Å². The molecule has 0 saturated carbocycles. The molecule has 2 nitrogen and oxygen atoms in total. The van der Waals surface area contributed by atoms with E-state index in [1.54, 1.807) is 0 Å². The van der Waals surface area contributed by atoms with Crippen LogP contribution in [0.5, 0.6) is 0 Å². The molecule has 1 heterocycles. The van der Waals surface area contributed by atoms with Crippen molar-refractivity contribution in [2.45, 2.75) is 38.6 Å². The predicted octanol–water partition coefficient (Wildman–Crippen LogP) is 3.39. The van der Waals surface area contributed by atoms with E-state index in [2.05, 4.69) is 30.9 Å². The highest BCUT2D eigenvalue weighted by atomic mass is 35.5. The molecule has 0 radical (unpaired) electrons. The van der Waals surface area contributed by atoms with Gasteiger partial charge in [-0.05, 0) is 36.5 Å². The van der Waals surface area contributed by atoms with Gasteiger partial charge < -0.3 is 10.6 Å². The monoisotopic (exact) mass is 252 g/mol. The Labute approximate surface area is 109 Å². The van der Waals surface area contributed by atoms with Gasteiger partial charge >= 0.3 is 0 Å². The summed E-state index contributed by atoms with van der Waals surface area (Å²) in [6.07, 6.45) is 2.15. The number of halogens is 1. The first-order chi connectivity index (χ1) is 8.08. The molecule has 0 bridgehead atoms. The SMILES string of the molecule is CC(C)c1ccc(Cl)cc1N1CCC(N)CC1. The van der Waals surface area contributed by atoms with E-state index in [4.69, 9.17) is 17.3 Å². The van der Waals surface area contributed by atoms with E-state index in [1.165, 1.54) is 11.3 Å². The summed E-state index contributed by atoms with van der Waals surface area (Å²) in [5.41, 5.74) is 8.62. The van der Waals surface area contributed by atoms with Crippen LogP contribution in [-0.2, 0) is 0 Å². The van der Waals surface area contributed by atoms with Crippen molar-refractivity contribution in [2.24, 2.45) is 5.73 Å². The van der Waals surface area contributed by atoms with Crippen LogP contribution >= 0.6 is 11.6 Å². The lowest BCUT2D eigenvalue weighted by molar-refractivity contribution is 0.500. The van der Waals surface area contributed by atoms with Crippen LogP contribution in [0.15, 0.2) is 18.2 Å². The van der Waals surface area contributed by atoms with Crippen LogP contribution in [0.4, 0.5) is 5.69 Å². The van der Waals surface area contributed by atoms with Gasteiger partial charge in [0.1, 0.15) is 0 Å². The highest BCUT2D eigenvalue weighted by Crippen LogP contribution is 2.31. The van der Waals surface area contributed by atoms with Crippen molar-refractivity contribution in [1.29, 1.82) is 0 Å². The highest BCUT2D eigenvalue weighted by molar-refractivity contribution is 6.30. The molecule has 1 aliphatic heterocycles. The fraction of sp³-hybridized carbons (Fsp3) is 0.571. The molecule has 0 aliphatic carbocycles. The van der Waals surface area contributed by atoms with E-state index in [0.29, 0.717) is 12.0 Å². The van der Waals surface area contributed by atoms with Crippen molar-refractivity contribution in [3.63, 3.8) is 0 Å². The molecule has 2 rings (SSSR count). The molecule has 0 atom stereocenters. The summed E-state index contributed by atoms with van der Waals surface area (Å²) >= 11 is 6.12. The van der Waals surface area contributed by atoms with Crippen molar-refractivity contribution in [3.8, 4) is 0 Å². The summed E-state index contributed by atoms with van der Waals surface area (Å²) in [6.45, 7) is 6.54. The maximum absolute atomic E-state index is 6.12. The zero-order valence-corrected chi connectivity index (χ0v) is 11.4. The summed E-state index contributed by atoms with van der Waals surface area (Å²) in [5, 5.41) is 0.819. The number of nitrogens with two attached hydrogens (primary N) is 1. The number of benzene rings is 1. The van der Waals surface area contributed by atoms with Crippen LogP contribution in [0.1, 0.15) is 38.2 Å². The second kappa shape index (κ2) is 5.28. The van der Waals surface area contributed by atoms with Gasteiger partial charge in [0.2, 0.25) is 0 Å². The first-order valence-corrected chi connectivity index (χ1v) is 6.75. The van der Waals surface area contributed by atoms with Crippen molar-refractivity contribution < 1.29 is 0 Å². The van der Waals surface area contributed by atoms with Gasteiger partial charge in [0.25, 0.3) is 0 Å². The number of hydrogen-bond acceptors (Lipinski definition) is 2. The molecule has 3 heteroatoms. The second-order valence-electron chi connectivity index (χ2n) is 5.18. The smallest absolute Gasteiger partial charge is 0.0426 e. The summed E-state index contributed by atoms with van der Waals surface area (Å²) in [4.78, 5) is 2.42. The lowest BCUT2D eigenvalue weighted by Crippen LogP contribution is -2.40. The van der Waals surface area contributed by atoms with E-state index in [0.717, 1.165) is 31.0 Å². The Morgan fingerprint density at radius 2 is 1.94 bits per heavy atom. The van der Waals surface area contributed by atoms with Crippen LogP contribution in [0.3, 0.4) is 0 Å². The van der Waals surface area contributed by atoms with Gasteiger partial charge in [-0.3, -0.25) is 0 Å². The highest BCUT2D eigenvalue weighted by Gasteiger charge is 2.19. The quantitative estimate of drug-likeness (QED) is 0.874. The molecule has 94 valence electrons. The van der Waals surface area contributed by atoms with Crippen LogP contribution < -0.4 is 10.6 Å². The van der Waals surface area contributed by atoms with Gasteiger partial charge in [-0.15, -0.1) is 0 Å².